The SMILES string of the molecule is O=C(CN1CCCC1)c1cccc(Cl)c1. The highest BCUT2D eigenvalue weighted by atomic mass is 35.5. The summed E-state index contributed by atoms with van der Waals surface area (Å²) in [6, 6.07) is 7.16. The van der Waals surface area contributed by atoms with Gasteiger partial charge >= 0.3 is 0 Å². The summed E-state index contributed by atoms with van der Waals surface area (Å²) in [4.78, 5) is 14.1. The average Bonchev–Trinajstić information content (AvgIpc) is 2.70. The second-order valence-electron chi connectivity index (χ2n) is 3.92. The maximum absolute atomic E-state index is 11.9. The summed E-state index contributed by atoms with van der Waals surface area (Å²) < 4.78 is 0. The Bertz CT molecular complexity index is 358. The molecule has 0 bridgehead atoms. The Labute approximate surface area is 94.8 Å². The molecule has 0 N–H and O–H groups in total. The molecule has 1 aliphatic heterocycles. The van der Waals surface area contributed by atoms with Crippen LogP contribution in [0.15, 0.2) is 24.3 Å². The van der Waals surface area contributed by atoms with E-state index < -0.39 is 0 Å². The quantitative estimate of drug-likeness (QED) is 0.735. The molecule has 3 heteroatoms. The standard InChI is InChI=1S/C12H14ClNO/c13-11-5-3-4-10(8-11)12(15)9-14-6-1-2-7-14/h3-5,8H,1-2,6-7,9H2. The maximum Gasteiger partial charge on any atom is 0.176 e. The fraction of sp³-hybridized carbons (Fsp3) is 0.417. The molecule has 1 aromatic rings. The van der Waals surface area contributed by atoms with E-state index in [1.807, 2.05) is 12.1 Å². The molecule has 1 saturated heterocycles. The Balaban J connectivity index is 2.01. The molecule has 2 rings (SSSR count). The molecule has 0 saturated carbocycles. The number of ketones is 1. The number of hydrogen-bond donors (Lipinski definition) is 0. The van der Waals surface area contributed by atoms with Crippen LogP contribution in [0.1, 0.15) is 23.2 Å². The Morgan fingerprint density at radius 3 is 2.73 bits per heavy atom. The van der Waals surface area contributed by atoms with Gasteiger partial charge in [-0.15, -0.1) is 0 Å². The van der Waals surface area contributed by atoms with Crippen LogP contribution < -0.4 is 0 Å². The third kappa shape index (κ3) is 2.80. The van der Waals surface area contributed by atoms with E-state index in [-0.39, 0.29) is 5.78 Å². The van der Waals surface area contributed by atoms with Crippen LogP contribution in [-0.4, -0.2) is 30.3 Å². The molecule has 0 spiro atoms. The monoisotopic (exact) mass is 223 g/mol. The van der Waals surface area contributed by atoms with Crippen LogP contribution in [0, 0.1) is 0 Å². The van der Waals surface area contributed by atoms with Crippen molar-refractivity contribution in [2.45, 2.75) is 12.8 Å². The Morgan fingerprint density at radius 1 is 1.33 bits per heavy atom. The van der Waals surface area contributed by atoms with Gasteiger partial charge in [-0.3, -0.25) is 9.69 Å². The highest BCUT2D eigenvalue weighted by Crippen LogP contribution is 2.13. The van der Waals surface area contributed by atoms with Gasteiger partial charge in [-0.1, -0.05) is 23.7 Å². The highest BCUT2D eigenvalue weighted by molar-refractivity contribution is 6.31. The van der Waals surface area contributed by atoms with E-state index in [0.717, 1.165) is 18.7 Å². The second-order valence-corrected chi connectivity index (χ2v) is 4.35. The van der Waals surface area contributed by atoms with E-state index in [2.05, 4.69) is 4.90 Å². The molecule has 15 heavy (non-hydrogen) atoms. The van der Waals surface area contributed by atoms with Gasteiger partial charge in [0.15, 0.2) is 5.78 Å². The lowest BCUT2D eigenvalue weighted by Gasteiger charge is -2.13. The van der Waals surface area contributed by atoms with E-state index in [1.165, 1.54) is 12.8 Å². The number of carbonyl (C=O) groups is 1. The van der Waals surface area contributed by atoms with E-state index in [1.54, 1.807) is 12.1 Å². The third-order valence-electron chi connectivity index (χ3n) is 2.71. The number of Topliss-reactive ketones (excluding diaryl/α,β-unsaturated/α-hetero) is 1. The molecule has 0 amide bonds. The van der Waals surface area contributed by atoms with Crippen LogP contribution >= 0.6 is 11.6 Å². The van der Waals surface area contributed by atoms with Crippen LogP contribution in [0.2, 0.25) is 5.02 Å². The van der Waals surface area contributed by atoms with Gasteiger partial charge in [0.05, 0.1) is 6.54 Å². The molecular formula is C12H14ClNO. The van der Waals surface area contributed by atoms with Crippen LogP contribution in [0.5, 0.6) is 0 Å². The van der Waals surface area contributed by atoms with Crippen LogP contribution in [0.4, 0.5) is 0 Å². The third-order valence-corrected chi connectivity index (χ3v) is 2.95. The molecule has 1 heterocycles. The summed E-state index contributed by atoms with van der Waals surface area (Å²) in [5.41, 5.74) is 0.717. The molecule has 1 aliphatic rings. The Hall–Kier alpha value is -0.860. The first-order chi connectivity index (χ1) is 7.25. The van der Waals surface area contributed by atoms with Crippen molar-refractivity contribution in [3.05, 3.63) is 34.9 Å². The fourth-order valence-electron chi connectivity index (χ4n) is 1.90. The average molecular weight is 224 g/mol. The zero-order valence-electron chi connectivity index (χ0n) is 8.58. The molecule has 80 valence electrons. The number of carbonyl (C=O) groups excluding carboxylic acids is 1. The summed E-state index contributed by atoms with van der Waals surface area (Å²) in [6.45, 7) is 2.62. The smallest absolute Gasteiger partial charge is 0.176 e. The molecule has 2 nitrogen and oxygen atoms in total. The van der Waals surface area contributed by atoms with Crippen molar-refractivity contribution >= 4 is 17.4 Å². The first-order valence-electron chi connectivity index (χ1n) is 5.27. The van der Waals surface area contributed by atoms with Gasteiger partial charge in [0.2, 0.25) is 0 Å². The zero-order valence-corrected chi connectivity index (χ0v) is 9.33. The minimum absolute atomic E-state index is 0.166. The van der Waals surface area contributed by atoms with Gasteiger partial charge in [0.1, 0.15) is 0 Å². The first-order valence-corrected chi connectivity index (χ1v) is 5.64. The molecule has 0 radical (unpaired) electrons. The largest absolute Gasteiger partial charge is 0.296 e. The van der Waals surface area contributed by atoms with Gasteiger partial charge in [-0.05, 0) is 38.1 Å². The van der Waals surface area contributed by atoms with Gasteiger partial charge < -0.3 is 0 Å². The molecule has 1 fully saturated rings. The molecule has 0 atom stereocenters. The highest BCUT2D eigenvalue weighted by Gasteiger charge is 2.16. The van der Waals surface area contributed by atoms with Crippen molar-refractivity contribution in [2.75, 3.05) is 19.6 Å². The first kappa shape index (κ1) is 10.7. The van der Waals surface area contributed by atoms with E-state index >= 15 is 0 Å². The summed E-state index contributed by atoms with van der Waals surface area (Å²) >= 11 is 5.84. The number of hydrogen-bond acceptors (Lipinski definition) is 2. The van der Waals surface area contributed by atoms with Crippen LogP contribution in [0.3, 0.4) is 0 Å². The Kier molecular flexibility index (Phi) is 3.39. The van der Waals surface area contributed by atoms with Crippen molar-refractivity contribution in [3.8, 4) is 0 Å². The molecule has 0 unspecified atom stereocenters. The number of benzene rings is 1. The molecular weight excluding hydrogens is 210 g/mol. The van der Waals surface area contributed by atoms with E-state index in [9.17, 15) is 4.79 Å². The fourth-order valence-corrected chi connectivity index (χ4v) is 2.09. The minimum Gasteiger partial charge on any atom is -0.296 e. The number of likely N-dealkylation sites (tertiary alicyclic amines) is 1. The summed E-state index contributed by atoms with van der Waals surface area (Å²) in [5, 5.41) is 0.627. The number of nitrogens with zero attached hydrogens (tertiary/aromatic N) is 1. The van der Waals surface area contributed by atoms with Crippen molar-refractivity contribution in [1.82, 2.24) is 4.90 Å². The lowest BCUT2D eigenvalue weighted by Crippen LogP contribution is -2.26. The zero-order chi connectivity index (χ0) is 10.7. The summed E-state index contributed by atoms with van der Waals surface area (Å²) in [5.74, 6) is 0.166. The topological polar surface area (TPSA) is 20.3 Å². The van der Waals surface area contributed by atoms with Crippen molar-refractivity contribution < 1.29 is 4.79 Å². The molecule has 1 aromatic carbocycles. The molecule has 0 aliphatic carbocycles. The lowest BCUT2D eigenvalue weighted by molar-refractivity contribution is 0.0945. The minimum atomic E-state index is 0.166. The number of halogens is 1. The van der Waals surface area contributed by atoms with Crippen molar-refractivity contribution in [1.29, 1.82) is 0 Å². The van der Waals surface area contributed by atoms with Crippen molar-refractivity contribution in [3.63, 3.8) is 0 Å². The summed E-state index contributed by atoms with van der Waals surface area (Å²) in [6.07, 6.45) is 2.42. The van der Waals surface area contributed by atoms with Gasteiger partial charge in [-0.2, -0.15) is 0 Å². The van der Waals surface area contributed by atoms with Crippen LogP contribution in [-0.2, 0) is 0 Å². The lowest BCUT2D eigenvalue weighted by atomic mass is 10.1. The Morgan fingerprint density at radius 2 is 2.07 bits per heavy atom. The van der Waals surface area contributed by atoms with E-state index in [4.69, 9.17) is 11.6 Å². The maximum atomic E-state index is 11.9. The van der Waals surface area contributed by atoms with Crippen LogP contribution in [0.25, 0.3) is 0 Å². The van der Waals surface area contributed by atoms with Gasteiger partial charge in [0, 0.05) is 10.6 Å². The van der Waals surface area contributed by atoms with Gasteiger partial charge in [-0.25, -0.2) is 0 Å². The van der Waals surface area contributed by atoms with E-state index in [0.29, 0.717) is 11.6 Å². The predicted octanol–water partition coefficient (Wildman–Crippen LogP) is 2.62. The molecule has 0 aromatic heterocycles. The normalized spacial score (nSPS) is 16.9. The van der Waals surface area contributed by atoms with Crippen molar-refractivity contribution in [2.24, 2.45) is 0 Å². The predicted molar refractivity (Wildman–Crippen MR) is 61.5 cm³/mol. The van der Waals surface area contributed by atoms with Gasteiger partial charge in [0.25, 0.3) is 0 Å². The second kappa shape index (κ2) is 4.77. The summed E-state index contributed by atoms with van der Waals surface area (Å²) in [7, 11) is 0. The number of rotatable bonds is 3.